The average Bonchev–Trinajstić information content (AvgIpc) is 3.17. The van der Waals surface area contributed by atoms with Gasteiger partial charge in [0.25, 0.3) is 5.91 Å². The van der Waals surface area contributed by atoms with Crippen molar-refractivity contribution in [3.8, 4) is 5.75 Å². The summed E-state index contributed by atoms with van der Waals surface area (Å²) in [6.07, 6.45) is 4.57. The van der Waals surface area contributed by atoms with Crippen LogP contribution in [0, 0.1) is 13.8 Å². The molecule has 0 aromatic heterocycles. The number of ether oxygens (including phenoxy) is 1. The molecule has 2 aliphatic rings. The number of urea groups is 1. The Labute approximate surface area is 161 Å². The zero-order valence-electron chi connectivity index (χ0n) is 16.7. The van der Waals surface area contributed by atoms with Gasteiger partial charge in [-0.05, 0) is 56.9 Å². The van der Waals surface area contributed by atoms with Crippen LogP contribution >= 0.6 is 0 Å². The minimum atomic E-state index is 0.0158. The fourth-order valence-electron chi connectivity index (χ4n) is 3.95. The highest BCUT2D eigenvalue weighted by molar-refractivity contribution is 5.96. The van der Waals surface area contributed by atoms with E-state index < -0.39 is 0 Å². The summed E-state index contributed by atoms with van der Waals surface area (Å²) >= 11 is 0. The van der Waals surface area contributed by atoms with Crippen LogP contribution in [0.4, 0.5) is 4.79 Å². The zero-order valence-corrected chi connectivity index (χ0v) is 16.7. The van der Waals surface area contributed by atoms with Crippen LogP contribution in [-0.2, 0) is 0 Å². The lowest BCUT2D eigenvalue weighted by Gasteiger charge is -2.35. The topological polar surface area (TPSA) is 61.9 Å². The second-order valence-corrected chi connectivity index (χ2v) is 7.58. The molecule has 1 heterocycles. The maximum Gasteiger partial charge on any atom is 0.317 e. The van der Waals surface area contributed by atoms with E-state index in [1.807, 2.05) is 42.7 Å². The molecular weight excluding hydrogens is 342 g/mol. The number of hydrogen-bond acceptors (Lipinski definition) is 3. The van der Waals surface area contributed by atoms with E-state index in [4.69, 9.17) is 4.74 Å². The van der Waals surface area contributed by atoms with Crippen LogP contribution in [0.15, 0.2) is 12.1 Å². The molecule has 6 nitrogen and oxygen atoms in total. The molecule has 1 aliphatic heterocycles. The van der Waals surface area contributed by atoms with E-state index in [-0.39, 0.29) is 11.9 Å². The van der Waals surface area contributed by atoms with Crippen LogP contribution in [0.25, 0.3) is 0 Å². The van der Waals surface area contributed by atoms with Crippen molar-refractivity contribution in [3.63, 3.8) is 0 Å². The van der Waals surface area contributed by atoms with Gasteiger partial charge in [-0.3, -0.25) is 4.79 Å². The molecule has 2 fully saturated rings. The Morgan fingerprint density at radius 3 is 2.30 bits per heavy atom. The van der Waals surface area contributed by atoms with Gasteiger partial charge in [-0.15, -0.1) is 0 Å². The molecule has 0 radical (unpaired) electrons. The van der Waals surface area contributed by atoms with Gasteiger partial charge in [0.2, 0.25) is 0 Å². The van der Waals surface area contributed by atoms with Crippen LogP contribution in [-0.4, -0.2) is 60.6 Å². The summed E-state index contributed by atoms with van der Waals surface area (Å²) < 4.78 is 5.62. The molecule has 0 spiro atoms. The quantitative estimate of drug-likeness (QED) is 0.882. The average molecular weight is 373 g/mol. The Balaban J connectivity index is 1.58. The molecule has 27 heavy (non-hydrogen) atoms. The maximum atomic E-state index is 13.0. The second kappa shape index (κ2) is 8.63. The van der Waals surface area contributed by atoms with Gasteiger partial charge in [0, 0.05) is 37.8 Å². The number of carbonyl (C=O) groups excluding carboxylic acids is 2. The lowest BCUT2D eigenvalue weighted by Crippen LogP contribution is -2.54. The van der Waals surface area contributed by atoms with Crippen molar-refractivity contribution in [2.75, 3.05) is 32.8 Å². The minimum Gasteiger partial charge on any atom is -0.494 e. The summed E-state index contributed by atoms with van der Waals surface area (Å²) in [7, 11) is 0. The van der Waals surface area contributed by atoms with E-state index >= 15 is 0 Å². The van der Waals surface area contributed by atoms with Gasteiger partial charge in [0.15, 0.2) is 0 Å². The number of rotatable bonds is 4. The molecule has 0 unspecified atom stereocenters. The van der Waals surface area contributed by atoms with Crippen molar-refractivity contribution in [2.24, 2.45) is 0 Å². The molecule has 1 aromatic carbocycles. The number of aryl methyl sites for hydroxylation is 2. The lowest BCUT2D eigenvalue weighted by molar-refractivity contribution is 0.0662. The van der Waals surface area contributed by atoms with Gasteiger partial charge >= 0.3 is 6.03 Å². The summed E-state index contributed by atoms with van der Waals surface area (Å²) in [4.78, 5) is 29.0. The molecule has 1 saturated heterocycles. The summed E-state index contributed by atoms with van der Waals surface area (Å²) in [5.41, 5.74) is 2.62. The standard InChI is InChI=1S/C21H31N3O3/c1-4-27-19-14-15(2)18(13-16(19)3)20(25)23-9-11-24(12-10-23)21(26)22-17-7-5-6-8-17/h13-14,17H,4-12H2,1-3H3,(H,22,26). The Bertz CT molecular complexity index is 690. The lowest BCUT2D eigenvalue weighted by atomic mass is 10.0. The van der Waals surface area contributed by atoms with Crippen LogP contribution in [0.5, 0.6) is 5.75 Å². The largest absolute Gasteiger partial charge is 0.494 e. The second-order valence-electron chi connectivity index (χ2n) is 7.58. The first kappa shape index (κ1) is 19.5. The molecule has 1 saturated carbocycles. The highest BCUT2D eigenvalue weighted by atomic mass is 16.5. The van der Waals surface area contributed by atoms with Crippen molar-refractivity contribution < 1.29 is 14.3 Å². The first-order valence-electron chi connectivity index (χ1n) is 10.1. The number of carbonyl (C=O) groups is 2. The van der Waals surface area contributed by atoms with Gasteiger partial charge in [-0.2, -0.15) is 0 Å². The SMILES string of the molecule is CCOc1cc(C)c(C(=O)N2CCN(C(=O)NC3CCCC3)CC2)cc1C. The first-order valence-corrected chi connectivity index (χ1v) is 10.1. The third kappa shape index (κ3) is 4.54. The van der Waals surface area contributed by atoms with Crippen molar-refractivity contribution in [3.05, 3.63) is 28.8 Å². The number of benzene rings is 1. The molecular formula is C21H31N3O3. The summed E-state index contributed by atoms with van der Waals surface area (Å²) in [6, 6.07) is 4.20. The molecule has 6 heteroatoms. The number of nitrogens with zero attached hydrogens (tertiary/aromatic N) is 2. The smallest absolute Gasteiger partial charge is 0.317 e. The molecule has 3 rings (SSSR count). The fourth-order valence-corrected chi connectivity index (χ4v) is 3.95. The number of piperazine rings is 1. The summed E-state index contributed by atoms with van der Waals surface area (Å²) in [6.45, 7) is 8.78. The molecule has 3 amide bonds. The third-order valence-corrected chi connectivity index (χ3v) is 5.59. The van der Waals surface area contributed by atoms with Gasteiger partial charge in [-0.1, -0.05) is 12.8 Å². The maximum absolute atomic E-state index is 13.0. The molecule has 1 aliphatic carbocycles. The minimum absolute atomic E-state index is 0.0158. The van der Waals surface area contributed by atoms with E-state index in [1.165, 1.54) is 12.8 Å². The predicted octanol–water partition coefficient (Wildman–Crippen LogP) is 3.11. The highest BCUT2D eigenvalue weighted by Crippen LogP contribution is 2.24. The van der Waals surface area contributed by atoms with E-state index in [2.05, 4.69) is 5.32 Å². The predicted molar refractivity (Wildman–Crippen MR) is 105 cm³/mol. The van der Waals surface area contributed by atoms with Crippen molar-refractivity contribution in [1.29, 1.82) is 0 Å². The molecule has 1 N–H and O–H groups in total. The summed E-state index contributed by atoms with van der Waals surface area (Å²) in [5.74, 6) is 0.870. The number of nitrogens with one attached hydrogen (secondary N) is 1. The van der Waals surface area contributed by atoms with Gasteiger partial charge < -0.3 is 19.9 Å². The van der Waals surface area contributed by atoms with Gasteiger partial charge in [0.05, 0.1) is 6.61 Å². The molecule has 0 atom stereocenters. The molecule has 148 valence electrons. The van der Waals surface area contributed by atoms with E-state index in [0.717, 1.165) is 35.3 Å². The molecule has 1 aromatic rings. The fraction of sp³-hybridized carbons (Fsp3) is 0.619. The Hall–Kier alpha value is -2.24. The zero-order chi connectivity index (χ0) is 19.4. The number of hydrogen-bond donors (Lipinski definition) is 1. The van der Waals surface area contributed by atoms with E-state index in [0.29, 0.717) is 38.8 Å². The number of amides is 3. The normalized spacial score (nSPS) is 17.9. The van der Waals surface area contributed by atoms with Crippen LogP contribution in [0.1, 0.15) is 54.1 Å². The van der Waals surface area contributed by atoms with Crippen molar-refractivity contribution in [2.45, 2.75) is 52.5 Å². The Kier molecular flexibility index (Phi) is 6.24. The third-order valence-electron chi connectivity index (χ3n) is 5.59. The van der Waals surface area contributed by atoms with Crippen molar-refractivity contribution in [1.82, 2.24) is 15.1 Å². The van der Waals surface area contributed by atoms with Crippen LogP contribution < -0.4 is 10.1 Å². The Morgan fingerprint density at radius 2 is 1.67 bits per heavy atom. The van der Waals surface area contributed by atoms with Gasteiger partial charge in [-0.25, -0.2) is 4.79 Å². The summed E-state index contributed by atoms with van der Waals surface area (Å²) in [5, 5.41) is 3.13. The highest BCUT2D eigenvalue weighted by Gasteiger charge is 2.27. The van der Waals surface area contributed by atoms with E-state index in [1.54, 1.807) is 0 Å². The molecule has 0 bridgehead atoms. The van der Waals surface area contributed by atoms with Crippen molar-refractivity contribution >= 4 is 11.9 Å². The first-order chi connectivity index (χ1) is 13.0. The van der Waals surface area contributed by atoms with Crippen LogP contribution in [0.2, 0.25) is 0 Å². The Morgan fingerprint density at radius 1 is 1.04 bits per heavy atom. The van der Waals surface area contributed by atoms with E-state index in [9.17, 15) is 9.59 Å². The van der Waals surface area contributed by atoms with Gasteiger partial charge in [0.1, 0.15) is 5.75 Å². The monoisotopic (exact) mass is 373 g/mol. The van der Waals surface area contributed by atoms with Crippen LogP contribution in [0.3, 0.4) is 0 Å².